The highest BCUT2D eigenvalue weighted by molar-refractivity contribution is 6.30. The van der Waals surface area contributed by atoms with E-state index in [-0.39, 0.29) is 44.5 Å². The Morgan fingerprint density at radius 1 is 1.17 bits per heavy atom. The van der Waals surface area contributed by atoms with Gasteiger partial charge in [-0.05, 0) is 24.6 Å². The summed E-state index contributed by atoms with van der Waals surface area (Å²) in [4.78, 5) is 25.5. The minimum atomic E-state index is -0.335. The molecule has 0 bridgehead atoms. The Kier molecular flexibility index (Phi) is 10.1. The smallest absolute Gasteiger partial charge is 0.307 e. The molecule has 0 heterocycles. The molecule has 134 valence electrons. The molecule has 6 nitrogen and oxygen atoms in total. The lowest BCUT2D eigenvalue weighted by Crippen LogP contribution is -2.37. The van der Waals surface area contributed by atoms with E-state index in [4.69, 9.17) is 26.2 Å². The zero-order valence-corrected chi connectivity index (χ0v) is 14.6. The fourth-order valence-corrected chi connectivity index (χ4v) is 2.18. The molecule has 0 saturated carbocycles. The van der Waals surface area contributed by atoms with Gasteiger partial charge in [-0.15, -0.1) is 0 Å². The molecule has 0 spiro atoms. The second kappa shape index (κ2) is 11.8. The van der Waals surface area contributed by atoms with Gasteiger partial charge in [-0.2, -0.15) is 0 Å². The number of amides is 1. The van der Waals surface area contributed by atoms with Crippen LogP contribution in [0, 0.1) is 0 Å². The van der Waals surface area contributed by atoms with E-state index in [9.17, 15) is 9.59 Å². The van der Waals surface area contributed by atoms with Gasteiger partial charge in [0, 0.05) is 18.1 Å². The molecule has 1 N–H and O–H groups in total. The summed E-state index contributed by atoms with van der Waals surface area (Å²) in [5.41, 5.74) is 0.849. The van der Waals surface area contributed by atoms with Crippen LogP contribution in [-0.2, 0) is 25.5 Å². The molecular formula is C17H24ClNO5. The molecule has 7 heteroatoms. The average Bonchev–Trinajstić information content (AvgIpc) is 2.56. The monoisotopic (exact) mass is 357 g/mol. The summed E-state index contributed by atoms with van der Waals surface area (Å²) in [5.74, 6) is -0.438. The van der Waals surface area contributed by atoms with Crippen molar-refractivity contribution in [2.45, 2.75) is 19.8 Å². The third-order valence-electron chi connectivity index (χ3n) is 3.25. The molecule has 0 radical (unpaired) electrons. The molecule has 1 aromatic carbocycles. The first-order valence-electron chi connectivity index (χ1n) is 7.93. The van der Waals surface area contributed by atoms with E-state index < -0.39 is 0 Å². The van der Waals surface area contributed by atoms with E-state index in [1.165, 1.54) is 0 Å². The number of esters is 1. The van der Waals surface area contributed by atoms with Crippen LogP contribution in [0.3, 0.4) is 0 Å². The molecule has 0 atom stereocenters. The second-order valence-corrected chi connectivity index (χ2v) is 5.51. The number of aliphatic hydroxyl groups is 1. The number of ether oxygens (including phenoxy) is 2. The van der Waals surface area contributed by atoms with E-state index in [0.717, 1.165) is 5.56 Å². The Balaban J connectivity index is 2.58. The molecule has 1 aromatic rings. The van der Waals surface area contributed by atoms with Gasteiger partial charge in [0.05, 0.1) is 39.3 Å². The maximum Gasteiger partial charge on any atom is 0.307 e. The van der Waals surface area contributed by atoms with E-state index in [0.29, 0.717) is 24.8 Å². The number of nitrogens with zero attached hydrogens (tertiary/aromatic N) is 1. The summed E-state index contributed by atoms with van der Waals surface area (Å²) >= 11 is 5.84. The van der Waals surface area contributed by atoms with Crippen LogP contribution in [0.15, 0.2) is 24.3 Å². The van der Waals surface area contributed by atoms with Gasteiger partial charge in [-0.25, -0.2) is 0 Å². The minimum absolute atomic E-state index is 0.0679. The van der Waals surface area contributed by atoms with Crippen LogP contribution in [0.1, 0.15) is 18.9 Å². The maximum absolute atomic E-state index is 12.5. The van der Waals surface area contributed by atoms with Crippen LogP contribution in [-0.4, -0.2) is 61.4 Å². The highest BCUT2D eigenvalue weighted by Gasteiger charge is 2.16. The number of rotatable bonds is 11. The van der Waals surface area contributed by atoms with Gasteiger partial charge in [0.1, 0.15) is 0 Å². The van der Waals surface area contributed by atoms with Gasteiger partial charge in [0.25, 0.3) is 0 Å². The molecule has 0 unspecified atom stereocenters. The number of halogens is 1. The van der Waals surface area contributed by atoms with Gasteiger partial charge >= 0.3 is 5.97 Å². The molecule has 0 aliphatic rings. The summed E-state index contributed by atoms with van der Waals surface area (Å²) in [5, 5.41) is 9.33. The number of benzene rings is 1. The van der Waals surface area contributed by atoms with Crippen molar-refractivity contribution in [1.29, 1.82) is 0 Å². The van der Waals surface area contributed by atoms with Gasteiger partial charge in [-0.1, -0.05) is 23.7 Å². The number of hydrogen-bond donors (Lipinski definition) is 1. The third kappa shape index (κ3) is 8.29. The van der Waals surface area contributed by atoms with Crippen molar-refractivity contribution in [2.75, 3.05) is 39.5 Å². The number of aliphatic hydroxyl groups excluding tert-OH is 1. The van der Waals surface area contributed by atoms with Crippen molar-refractivity contribution in [3.05, 3.63) is 34.9 Å². The van der Waals surface area contributed by atoms with Crippen LogP contribution in [0.4, 0.5) is 0 Å². The molecular weight excluding hydrogens is 334 g/mol. The summed E-state index contributed by atoms with van der Waals surface area (Å²) in [6.45, 7) is 3.13. The van der Waals surface area contributed by atoms with Crippen molar-refractivity contribution in [3.63, 3.8) is 0 Å². The SMILES string of the molecule is CCOC(=O)CCN(CCOCCO)C(=O)Cc1ccc(Cl)cc1. The van der Waals surface area contributed by atoms with E-state index in [1.807, 2.05) is 0 Å². The van der Waals surface area contributed by atoms with Gasteiger partial charge in [0.15, 0.2) is 0 Å². The Hall–Kier alpha value is -1.63. The van der Waals surface area contributed by atoms with Gasteiger partial charge in [-0.3, -0.25) is 9.59 Å². The Morgan fingerprint density at radius 2 is 1.88 bits per heavy atom. The largest absolute Gasteiger partial charge is 0.466 e. The van der Waals surface area contributed by atoms with Crippen molar-refractivity contribution in [3.8, 4) is 0 Å². The van der Waals surface area contributed by atoms with Crippen LogP contribution in [0.5, 0.6) is 0 Å². The number of hydrogen-bond acceptors (Lipinski definition) is 5. The van der Waals surface area contributed by atoms with Crippen LogP contribution in [0.2, 0.25) is 5.02 Å². The standard InChI is InChI=1S/C17H24ClNO5/c1-2-24-17(22)7-8-19(9-11-23-12-10-20)16(21)13-14-3-5-15(18)6-4-14/h3-6,20H,2,7-13H2,1H3. The summed E-state index contributed by atoms with van der Waals surface area (Å²) in [7, 11) is 0. The lowest BCUT2D eigenvalue weighted by Gasteiger charge is -2.22. The molecule has 0 aliphatic carbocycles. The fraction of sp³-hybridized carbons (Fsp3) is 0.529. The van der Waals surface area contributed by atoms with Crippen LogP contribution < -0.4 is 0 Å². The molecule has 0 aromatic heterocycles. The quantitative estimate of drug-likeness (QED) is 0.481. The lowest BCUT2D eigenvalue weighted by molar-refractivity contribution is -0.144. The van der Waals surface area contributed by atoms with Crippen molar-refractivity contribution >= 4 is 23.5 Å². The molecule has 1 rings (SSSR count). The zero-order chi connectivity index (χ0) is 17.8. The molecule has 1 amide bonds. The predicted molar refractivity (Wildman–Crippen MR) is 90.9 cm³/mol. The summed E-state index contributed by atoms with van der Waals surface area (Å²) in [6, 6.07) is 7.06. The first-order valence-corrected chi connectivity index (χ1v) is 8.31. The predicted octanol–water partition coefficient (Wildman–Crippen LogP) is 1.67. The Bertz CT molecular complexity index is 506. The summed E-state index contributed by atoms with van der Waals surface area (Å²) in [6.07, 6.45) is 0.361. The topological polar surface area (TPSA) is 76.1 Å². The molecule has 24 heavy (non-hydrogen) atoms. The van der Waals surface area contributed by atoms with Gasteiger partial charge < -0.3 is 19.5 Å². The van der Waals surface area contributed by atoms with Crippen LogP contribution in [0.25, 0.3) is 0 Å². The van der Waals surface area contributed by atoms with E-state index >= 15 is 0 Å². The van der Waals surface area contributed by atoms with Crippen LogP contribution >= 0.6 is 11.6 Å². The summed E-state index contributed by atoms with van der Waals surface area (Å²) < 4.78 is 10.1. The van der Waals surface area contributed by atoms with E-state index in [1.54, 1.807) is 36.1 Å². The van der Waals surface area contributed by atoms with Crippen molar-refractivity contribution < 1.29 is 24.2 Å². The first-order chi connectivity index (χ1) is 11.6. The Morgan fingerprint density at radius 3 is 2.50 bits per heavy atom. The van der Waals surface area contributed by atoms with Crippen molar-refractivity contribution in [1.82, 2.24) is 4.90 Å². The second-order valence-electron chi connectivity index (χ2n) is 5.08. The first kappa shape index (κ1) is 20.4. The molecule has 0 aliphatic heterocycles. The fourth-order valence-electron chi connectivity index (χ4n) is 2.05. The Labute approximate surface area is 147 Å². The lowest BCUT2D eigenvalue weighted by atomic mass is 10.1. The van der Waals surface area contributed by atoms with Gasteiger partial charge in [0.2, 0.25) is 5.91 Å². The van der Waals surface area contributed by atoms with E-state index in [2.05, 4.69) is 0 Å². The highest BCUT2D eigenvalue weighted by atomic mass is 35.5. The normalized spacial score (nSPS) is 10.5. The molecule has 0 saturated heterocycles. The minimum Gasteiger partial charge on any atom is -0.466 e. The maximum atomic E-state index is 12.5. The van der Waals surface area contributed by atoms with Crippen molar-refractivity contribution in [2.24, 2.45) is 0 Å². The number of carbonyl (C=O) groups is 2. The highest BCUT2D eigenvalue weighted by Crippen LogP contribution is 2.11. The zero-order valence-electron chi connectivity index (χ0n) is 13.9. The third-order valence-corrected chi connectivity index (χ3v) is 3.51. The average molecular weight is 358 g/mol. The number of carbonyl (C=O) groups excluding carboxylic acids is 2. The molecule has 0 fully saturated rings.